The molecular formula is C16H26N4O3S2. The van der Waals surface area contributed by atoms with Crippen molar-refractivity contribution in [2.75, 3.05) is 17.3 Å². The number of carbonyl (C=O) groups excluding carboxylic acids is 1. The smallest absolute Gasteiger partial charge is 0.233 e. The van der Waals surface area contributed by atoms with Crippen LogP contribution in [0.5, 0.6) is 0 Å². The molecule has 9 heteroatoms. The van der Waals surface area contributed by atoms with E-state index in [-0.39, 0.29) is 35.2 Å². The Morgan fingerprint density at radius 3 is 2.64 bits per heavy atom. The second kappa shape index (κ2) is 7.26. The van der Waals surface area contributed by atoms with E-state index in [0.717, 1.165) is 30.2 Å². The van der Waals surface area contributed by atoms with Crippen molar-refractivity contribution in [3.8, 4) is 0 Å². The van der Waals surface area contributed by atoms with Gasteiger partial charge in [-0.05, 0) is 32.6 Å². The van der Waals surface area contributed by atoms with Crippen LogP contribution in [0.25, 0.3) is 0 Å². The van der Waals surface area contributed by atoms with Gasteiger partial charge in [-0.1, -0.05) is 18.7 Å². The average Bonchev–Trinajstić information content (AvgIpc) is 3.25. The number of hydrogen-bond acceptors (Lipinski definition) is 6. The lowest BCUT2D eigenvalue weighted by molar-refractivity contribution is -0.132. The van der Waals surface area contributed by atoms with Gasteiger partial charge in [-0.15, -0.1) is 10.2 Å². The Balaban J connectivity index is 1.66. The van der Waals surface area contributed by atoms with Crippen molar-refractivity contribution in [2.45, 2.75) is 62.7 Å². The largest absolute Gasteiger partial charge is 0.335 e. The first-order chi connectivity index (χ1) is 11.8. The lowest BCUT2D eigenvalue weighted by Gasteiger charge is -2.33. The summed E-state index contributed by atoms with van der Waals surface area (Å²) in [7, 11) is -1.08. The van der Waals surface area contributed by atoms with Crippen molar-refractivity contribution in [2.24, 2.45) is 7.05 Å². The van der Waals surface area contributed by atoms with Gasteiger partial charge in [0, 0.05) is 25.0 Å². The maximum Gasteiger partial charge on any atom is 0.233 e. The van der Waals surface area contributed by atoms with E-state index in [1.165, 1.54) is 11.8 Å². The van der Waals surface area contributed by atoms with E-state index in [0.29, 0.717) is 12.3 Å². The summed E-state index contributed by atoms with van der Waals surface area (Å²) >= 11 is 1.38. The Kier molecular flexibility index (Phi) is 5.43. The molecule has 2 aliphatic rings. The standard InChI is InChI=1S/C16H26N4O3S2/c1-4-11(2)20(13-7-8-25(22,23)10-13)14(21)9-24-16-18-17-15(19(16)3)12-5-6-12/h11-13H,4-10H2,1-3H3/t11-,13-/m1/s1. The van der Waals surface area contributed by atoms with Gasteiger partial charge in [0.15, 0.2) is 15.0 Å². The van der Waals surface area contributed by atoms with Gasteiger partial charge < -0.3 is 9.47 Å². The summed E-state index contributed by atoms with van der Waals surface area (Å²) in [5.74, 6) is 2.02. The van der Waals surface area contributed by atoms with Crippen molar-refractivity contribution < 1.29 is 13.2 Å². The summed E-state index contributed by atoms with van der Waals surface area (Å²) in [6.45, 7) is 4.01. The van der Waals surface area contributed by atoms with E-state index in [1.54, 1.807) is 4.90 Å². The predicted octanol–water partition coefficient (Wildman–Crippen LogP) is 1.60. The number of amides is 1. The van der Waals surface area contributed by atoms with Gasteiger partial charge in [-0.25, -0.2) is 8.42 Å². The Morgan fingerprint density at radius 1 is 1.36 bits per heavy atom. The predicted molar refractivity (Wildman–Crippen MR) is 97.4 cm³/mol. The summed E-state index contributed by atoms with van der Waals surface area (Å²) in [6, 6.07) is -0.164. The monoisotopic (exact) mass is 386 g/mol. The molecule has 25 heavy (non-hydrogen) atoms. The molecule has 0 N–H and O–H groups in total. The molecule has 1 saturated carbocycles. The van der Waals surface area contributed by atoms with Crippen LogP contribution in [0.2, 0.25) is 0 Å². The van der Waals surface area contributed by atoms with E-state index < -0.39 is 9.84 Å². The first-order valence-electron chi connectivity index (χ1n) is 8.86. The first-order valence-corrected chi connectivity index (χ1v) is 11.7. The van der Waals surface area contributed by atoms with Crippen LogP contribution in [-0.2, 0) is 21.7 Å². The molecule has 0 radical (unpaired) electrons. The van der Waals surface area contributed by atoms with E-state index in [2.05, 4.69) is 10.2 Å². The third kappa shape index (κ3) is 4.19. The molecule has 2 atom stereocenters. The molecule has 0 bridgehead atoms. The van der Waals surface area contributed by atoms with Crippen LogP contribution in [0, 0.1) is 0 Å². The van der Waals surface area contributed by atoms with E-state index in [4.69, 9.17) is 0 Å². The van der Waals surface area contributed by atoms with Crippen molar-refractivity contribution in [3.05, 3.63) is 5.82 Å². The number of sulfone groups is 1. The van der Waals surface area contributed by atoms with Crippen LogP contribution in [0.15, 0.2) is 5.16 Å². The lowest BCUT2D eigenvalue weighted by Crippen LogP contribution is -2.47. The van der Waals surface area contributed by atoms with Crippen molar-refractivity contribution in [1.29, 1.82) is 0 Å². The van der Waals surface area contributed by atoms with Crippen LogP contribution < -0.4 is 0 Å². The number of thioether (sulfide) groups is 1. The van der Waals surface area contributed by atoms with Gasteiger partial charge in [0.2, 0.25) is 5.91 Å². The second-order valence-electron chi connectivity index (χ2n) is 7.08. The Labute approximate surface area is 153 Å². The van der Waals surface area contributed by atoms with Gasteiger partial charge in [0.1, 0.15) is 5.82 Å². The molecule has 140 valence electrons. The molecule has 3 rings (SSSR count). The van der Waals surface area contributed by atoms with Crippen LogP contribution in [0.1, 0.15) is 51.3 Å². The van der Waals surface area contributed by atoms with Gasteiger partial charge in [0.05, 0.1) is 17.3 Å². The van der Waals surface area contributed by atoms with Gasteiger partial charge in [-0.3, -0.25) is 4.79 Å². The van der Waals surface area contributed by atoms with E-state index in [9.17, 15) is 13.2 Å². The molecule has 1 aromatic rings. The van der Waals surface area contributed by atoms with Crippen molar-refractivity contribution in [3.63, 3.8) is 0 Å². The number of rotatable bonds is 7. The highest BCUT2D eigenvalue weighted by atomic mass is 32.2. The normalized spacial score (nSPS) is 23.6. The summed E-state index contributed by atoms with van der Waals surface area (Å²) in [4.78, 5) is 14.6. The lowest BCUT2D eigenvalue weighted by atomic mass is 10.1. The molecule has 0 spiro atoms. The molecule has 1 saturated heterocycles. The third-order valence-corrected chi connectivity index (χ3v) is 7.85. The van der Waals surface area contributed by atoms with Crippen LogP contribution in [0.4, 0.5) is 0 Å². The minimum Gasteiger partial charge on any atom is -0.335 e. The highest BCUT2D eigenvalue weighted by Gasteiger charge is 2.36. The number of carbonyl (C=O) groups is 1. The van der Waals surface area contributed by atoms with E-state index >= 15 is 0 Å². The zero-order valence-corrected chi connectivity index (χ0v) is 16.6. The number of aromatic nitrogens is 3. The molecule has 2 fully saturated rings. The van der Waals surface area contributed by atoms with Gasteiger partial charge in [-0.2, -0.15) is 0 Å². The molecule has 2 heterocycles. The van der Waals surface area contributed by atoms with Crippen LogP contribution >= 0.6 is 11.8 Å². The fourth-order valence-corrected chi connectivity index (χ4v) is 5.85. The van der Waals surface area contributed by atoms with E-state index in [1.807, 2.05) is 25.5 Å². The quantitative estimate of drug-likeness (QED) is 0.662. The second-order valence-corrected chi connectivity index (χ2v) is 10.2. The number of hydrogen-bond donors (Lipinski definition) is 0. The molecule has 1 aromatic heterocycles. The highest BCUT2D eigenvalue weighted by Crippen LogP contribution is 2.39. The molecule has 7 nitrogen and oxygen atoms in total. The molecule has 1 aliphatic carbocycles. The summed E-state index contributed by atoms with van der Waals surface area (Å²) in [6.07, 6.45) is 3.67. The topological polar surface area (TPSA) is 85.2 Å². The minimum atomic E-state index is -3.02. The summed E-state index contributed by atoms with van der Waals surface area (Å²) in [5.41, 5.74) is 0. The molecule has 0 unspecified atom stereocenters. The minimum absolute atomic E-state index is 0.0163. The molecule has 1 aliphatic heterocycles. The maximum atomic E-state index is 12.8. The zero-order chi connectivity index (χ0) is 18.2. The zero-order valence-electron chi connectivity index (χ0n) is 15.0. The van der Waals surface area contributed by atoms with Crippen molar-refractivity contribution in [1.82, 2.24) is 19.7 Å². The van der Waals surface area contributed by atoms with Crippen LogP contribution in [0.3, 0.4) is 0 Å². The van der Waals surface area contributed by atoms with Gasteiger partial charge >= 0.3 is 0 Å². The Morgan fingerprint density at radius 2 is 2.08 bits per heavy atom. The fourth-order valence-electron chi connectivity index (χ4n) is 3.35. The fraction of sp³-hybridized carbons (Fsp3) is 0.812. The average molecular weight is 387 g/mol. The highest BCUT2D eigenvalue weighted by molar-refractivity contribution is 7.99. The Bertz CT molecular complexity index is 743. The Hall–Kier alpha value is -1.09. The molecule has 1 amide bonds. The van der Waals surface area contributed by atoms with Crippen molar-refractivity contribution >= 4 is 27.5 Å². The number of nitrogens with zero attached hydrogens (tertiary/aromatic N) is 4. The maximum absolute atomic E-state index is 12.8. The molecular weight excluding hydrogens is 360 g/mol. The van der Waals surface area contributed by atoms with Gasteiger partial charge in [0.25, 0.3) is 0 Å². The first kappa shape index (κ1) is 18.7. The third-order valence-electron chi connectivity index (χ3n) is 5.09. The molecule has 0 aromatic carbocycles. The summed E-state index contributed by atoms with van der Waals surface area (Å²) in [5, 5.41) is 9.19. The SMILES string of the molecule is CC[C@@H](C)N(C(=O)CSc1nnc(C2CC2)n1C)[C@@H]1CCS(=O)(=O)C1. The summed E-state index contributed by atoms with van der Waals surface area (Å²) < 4.78 is 25.6. The van der Waals surface area contributed by atoms with Crippen LogP contribution in [-0.4, -0.2) is 63.3 Å².